The molecule has 1 heterocycles. The first-order chi connectivity index (χ1) is 9.48. The molecule has 0 saturated heterocycles. The summed E-state index contributed by atoms with van der Waals surface area (Å²) in [5.41, 5.74) is 2.32. The van der Waals surface area contributed by atoms with Gasteiger partial charge in [-0.25, -0.2) is 19.2 Å². The number of anilines is 1. The van der Waals surface area contributed by atoms with E-state index in [4.69, 9.17) is 10.6 Å². The van der Waals surface area contributed by atoms with Crippen molar-refractivity contribution in [2.45, 2.75) is 31.2 Å². The van der Waals surface area contributed by atoms with Crippen LogP contribution in [0.4, 0.5) is 5.82 Å². The van der Waals surface area contributed by atoms with Crippen molar-refractivity contribution in [2.24, 2.45) is 5.84 Å². The van der Waals surface area contributed by atoms with E-state index in [1.165, 1.54) is 16.6 Å². The molecular formula is C12H22N4O3S. The minimum Gasteiger partial charge on any atom is -0.383 e. The van der Waals surface area contributed by atoms with Crippen LogP contribution in [0.25, 0.3) is 0 Å². The third-order valence-electron chi connectivity index (χ3n) is 3.09. The van der Waals surface area contributed by atoms with E-state index in [9.17, 15) is 8.42 Å². The van der Waals surface area contributed by atoms with E-state index in [0.717, 1.165) is 0 Å². The maximum Gasteiger partial charge on any atom is 0.247 e. The molecule has 1 aromatic heterocycles. The number of aromatic nitrogens is 1. The fraction of sp³-hybridized carbons (Fsp3) is 0.583. The molecule has 8 heteroatoms. The van der Waals surface area contributed by atoms with E-state index in [0.29, 0.717) is 13.0 Å². The smallest absolute Gasteiger partial charge is 0.247 e. The Bertz CT molecular complexity index is 521. The number of pyridine rings is 1. The zero-order chi connectivity index (χ0) is 15.2. The highest BCUT2D eigenvalue weighted by molar-refractivity contribution is 7.89. The number of nitrogen functional groups attached to an aromatic ring is 1. The third kappa shape index (κ3) is 3.66. The molecule has 0 aliphatic carbocycles. The van der Waals surface area contributed by atoms with Gasteiger partial charge in [0.25, 0.3) is 0 Å². The number of nitrogens with one attached hydrogen (secondary N) is 1. The highest BCUT2D eigenvalue weighted by Crippen LogP contribution is 2.24. The summed E-state index contributed by atoms with van der Waals surface area (Å²) in [6.07, 6.45) is 2.19. The summed E-state index contributed by atoms with van der Waals surface area (Å²) >= 11 is 0. The Morgan fingerprint density at radius 2 is 2.25 bits per heavy atom. The summed E-state index contributed by atoms with van der Waals surface area (Å²) in [4.78, 5) is 4.01. The second kappa shape index (κ2) is 7.53. The zero-order valence-corrected chi connectivity index (χ0v) is 12.9. The fourth-order valence-corrected chi connectivity index (χ4v) is 3.59. The normalized spacial score (nSPS) is 13.4. The van der Waals surface area contributed by atoms with Crippen molar-refractivity contribution in [1.82, 2.24) is 9.29 Å². The third-order valence-corrected chi connectivity index (χ3v) is 5.14. The van der Waals surface area contributed by atoms with Crippen LogP contribution >= 0.6 is 0 Å². The van der Waals surface area contributed by atoms with Crippen LogP contribution in [-0.2, 0) is 14.8 Å². The van der Waals surface area contributed by atoms with Gasteiger partial charge >= 0.3 is 0 Å². The molecule has 7 nitrogen and oxygen atoms in total. The summed E-state index contributed by atoms with van der Waals surface area (Å²) in [6, 6.07) is 2.92. The Morgan fingerprint density at radius 3 is 2.80 bits per heavy atom. The van der Waals surface area contributed by atoms with Gasteiger partial charge in [-0.05, 0) is 25.5 Å². The van der Waals surface area contributed by atoms with Crippen molar-refractivity contribution in [3.05, 3.63) is 18.3 Å². The predicted octanol–water partition coefficient (Wildman–Crippen LogP) is 0.803. The van der Waals surface area contributed by atoms with Gasteiger partial charge in [0.1, 0.15) is 4.90 Å². The van der Waals surface area contributed by atoms with Crippen LogP contribution in [0.1, 0.15) is 20.3 Å². The summed E-state index contributed by atoms with van der Waals surface area (Å²) in [6.45, 7) is 4.41. The van der Waals surface area contributed by atoms with E-state index in [2.05, 4.69) is 10.4 Å². The molecule has 0 aliphatic heterocycles. The van der Waals surface area contributed by atoms with E-state index in [1.54, 1.807) is 13.2 Å². The minimum atomic E-state index is -3.68. The standard InChI is InChI=1S/C12H22N4O3S/c1-4-10(2)16(8-9-19-3)20(17,18)11-6-5-7-14-12(11)15-13/h5-7,10H,4,8-9,13H2,1-3H3,(H,14,15). The summed E-state index contributed by atoms with van der Waals surface area (Å²) in [7, 11) is -2.14. The summed E-state index contributed by atoms with van der Waals surface area (Å²) in [5.74, 6) is 5.47. The molecule has 0 bridgehead atoms. The number of hydrazine groups is 1. The quantitative estimate of drug-likeness (QED) is 0.544. The summed E-state index contributed by atoms with van der Waals surface area (Å²) in [5, 5.41) is 0. The maximum absolute atomic E-state index is 12.8. The number of ether oxygens (including phenoxy) is 1. The number of hydrogen-bond acceptors (Lipinski definition) is 6. The Morgan fingerprint density at radius 1 is 1.55 bits per heavy atom. The average molecular weight is 302 g/mol. The first kappa shape index (κ1) is 16.8. The first-order valence-corrected chi connectivity index (χ1v) is 7.85. The van der Waals surface area contributed by atoms with Crippen LogP contribution in [0, 0.1) is 0 Å². The van der Waals surface area contributed by atoms with Gasteiger partial charge in [0.05, 0.1) is 6.61 Å². The van der Waals surface area contributed by atoms with Crippen LogP contribution in [0.3, 0.4) is 0 Å². The average Bonchev–Trinajstić information content (AvgIpc) is 2.46. The van der Waals surface area contributed by atoms with E-state index < -0.39 is 10.0 Å². The van der Waals surface area contributed by atoms with Gasteiger partial charge in [0, 0.05) is 25.9 Å². The molecule has 0 aromatic carbocycles. The molecule has 1 rings (SSSR count). The topological polar surface area (TPSA) is 97.5 Å². The summed E-state index contributed by atoms with van der Waals surface area (Å²) < 4.78 is 31.9. The van der Waals surface area contributed by atoms with E-state index in [-0.39, 0.29) is 23.3 Å². The van der Waals surface area contributed by atoms with Crippen molar-refractivity contribution >= 4 is 15.8 Å². The molecule has 0 aliphatic rings. The van der Waals surface area contributed by atoms with Crippen molar-refractivity contribution in [1.29, 1.82) is 0 Å². The first-order valence-electron chi connectivity index (χ1n) is 6.41. The number of rotatable bonds is 8. The molecule has 1 unspecified atom stereocenters. The second-order valence-electron chi connectivity index (χ2n) is 4.36. The van der Waals surface area contributed by atoms with Crippen molar-refractivity contribution in [3.63, 3.8) is 0 Å². The Kier molecular flexibility index (Phi) is 6.34. The Labute approximate surface area is 120 Å². The molecule has 0 saturated carbocycles. The van der Waals surface area contributed by atoms with Crippen LogP contribution in [0.5, 0.6) is 0 Å². The molecule has 1 atom stereocenters. The second-order valence-corrected chi connectivity index (χ2v) is 6.22. The molecule has 0 amide bonds. The van der Waals surface area contributed by atoms with Crippen LogP contribution in [0.15, 0.2) is 23.2 Å². The van der Waals surface area contributed by atoms with Crippen molar-refractivity contribution in [3.8, 4) is 0 Å². The zero-order valence-electron chi connectivity index (χ0n) is 12.0. The number of methoxy groups -OCH3 is 1. The lowest BCUT2D eigenvalue weighted by Gasteiger charge is -2.27. The number of nitrogens with zero attached hydrogens (tertiary/aromatic N) is 2. The molecule has 0 fully saturated rings. The van der Waals surface area contributed by atoms with Crippen molar-refractivity contribution < 1.29 is 13.2 Å². The van der Waals surface area contributed by atoms with E-state index in [1.807, 2.05) is 13.8 Å². The lowest BCUT2D eigenvalue weighted by molar-refractivity contribution is 0.167. The molecule has 0 radical (unpaired) electrons. The molecule has 1 aromatic rings. The number of sulfonamides is 1. The molecule has 20 heavy (non-hydrogen) atoms. The van der Waals surface area contributed by atoms with Gasteiger partial charge in [-0.1, -0.05) is 6.92 Å². The monoisotopic (exact) mass is 302 g/mol. The number of nitrogens with two attached hydrogens (primary N) is 1. The van der Waals surface area contributed by atoms with Gasteiger partial charge in [-0.15, -0.1) is 0 Å². The van der Waals surface area contributed by atoms with Crippen LogP contribution in [0.2, 0.25) is 0 Å². The largest absolute Gasteiger partial charge is 0.383 e. The van der Waals surface area contributed by atoms with Gasteiger partial charge in [-0.2, -0.15) is 4.31 Å². The van der Waals surface area contributed by atoms with Crippen LogP contribution in [-0.4, -0.2) is 44.0 Å². The molecule has 0 spiro atoms. The predicted molar refractivity (Wildman–Crippen MR) is 77.6 cm³/mol. The van der Waals surface area contributed by atoms with Gasteiger partial charge in [0.15, 0.2) is 5.82 Å². The SMILES string of the molecule is CCC(C)N(CCOC)S(=O)(=O)c1cccnc1NN. The fourth-order valence-electron chi connectivity index (χ4n) is 1.80. The lowest BCUT2D eigenvalue weighted by Crippen LogP contribution is -2.40. The highest BCUT2D eigenvalue weighted by Gasteiger charge is 2.30. The maximum atomic E-state index is 12.8. The van der Waals surface area contributed by atoms with E-state index >= 15 is 0 Å². The number of hydrogen-bond donors (Lipinski definition) is 2. The molecular weight excluding hydrogens is 280 g/mol. The Balaban J connectivity index is 3.21. The highest BCUT2D eigenvalue weighted by atomic mass is 32.2. The lowest BCUT2D eigenvalue weighted by atomic mass is 10.3. The minimum absolute atomic E-state index is 0.0684. The van der Waals surface area contributed by atoms with Crippen LogP contribution < -0.4 is 11.3 Å². The molecule has 114 valence electrons. The van der Waals surface area contributed by atoms with Gasteiger partial charge < -0.3 is 10.2 Å². The van der Waals surface area contributed by atoms with Crippen molar-refractivity contribution in [2.75, 3.05) is 25.7 Å². The van der Waals surface area contributed by atoms with Gasteiger partial charge in [0.2, 0.25) is 10.0 Å². The van der Waals surface area contributed by atoms with Gasteiger partial charge in [-0.3, -0.25) is 0 Å². The molecule has 3 N–H and O–H groups in total. The Hall–Kier alpha value is -1.22.